The average molecular weight is 124 g/mol. The Kier molecular flexibility index (Phi) is 2.46. The highest BCUT2D eigenvalue weighted by Gasteiger charge is 2.09. The van der Waals surface area contributed by atoms with Gasteiger partial charge < -0.3 is 9.79 Å². The normalized spacial score (nSPS) is 11.9. The average Bonchev–Trinajstić information content (AvgIpc) is 1.30. The van der Waals surface area contributed by atoms with Crippen molar-refractivity contribution in [1.29, 1.82) is 0 Å². The first-order valence-electron chi connectivity index (χ1n) is 1.66. The maximum atomic E-state index is 9.83. The highest BCUT2D eigenvalue weighted by Crippen LogP contribution is 2.31. The van der Waals surface area contributed by atoms with Crippen LogP contribution in [0.3, 0.4) is 0 Å². The summed E-state index contributed by atoms with van der Waals surface area (Å²) in [5.74, 6) is 0. The fraction of sp³-hybridized carbons (Fsp3) is 1.00. The van der Waals surface area contributed by atoms with Crippen LogP contribution < -0.4 is 5.32 Å². The van der Waals surface area contributed by atoms with Crippen LogP contribution in [0.1, 0.15) is 0 Å². The molecule has 0 amide bonds. The molecule has 43 valence electrons. The van der Waals surface area contributed by atoms with E-state index < -0.39 is 7.60 Å². The first-order chi connectivity index (χ1) is 3.06. The van der Waals surface area contributed by atoms with Gasteiger partial charge in [-0.05, 0) is 0 Å². The summed E-state index contributed by atoms with van der Waals surface area (Å²) < 4.78 is 9.83. The van der Waals surface area contributed by atoms with E-state index in [1.807, 2.05) is 0 Å². The summed E-state index contributed by atoms with van der Waals surface area (Å²) in [5, 5.41) is 3.24. The van der Waals surface area contributed by atoms with E-state index in [1.54, 1.807) is 0 Å². The molecule has 0 aromatic heterocycles. The number of hydrogen-bond donors (Lipinski definition) is 2. The second-order valence-corrected chi connectivity index (χ2v) is 2.73. The van der Waals surface area contributed by atoms with Crippen molar-refractivity contribution in [2.45, 2.75) is 0 Å². The lowest BCUT2D eigenvalue weighted by Crippen LogP contribution is -1.98. The lowest BCUT2D eigenvalue weighted by atomic mass is 11.3. The molecule has 0 unspecified atom stereocenters. The van der Waals surface area contributed by atoms with Crippen LogP contribution in [0.5, 0.6) is 0 Å². The van der Waals surface area contributed by atoms with E-state index in [0.717, 1.165) is 0 Å². The van der Waals surface area contributed by atoms with Gasteiger partial charge in [0.05, 0.1) is 0 Å². The molecule has 0 aliphatic rings. The first kappa shape index (κ1) is 7.11. The van der Waals surface area contributed by atoms with E-state index in [4.69, 9.17) is 9.79 Å². The second kappa shape index (κ2) is 2.43. The van der Waals surface area contributed by atoms with Crippen LogP contribution in [-0.2, 0) is 4.57 Å². The van der Waals surface area contributed by atoms with Gasteiger partial charge in [-0.15, -0.1) is 0 Å². The fourth-order valence-electron chi connectivity index (χ4n) is 0.184. The minimum absolute atomic E-state index is 0.368. The monoisotopic (exact) mass is 124 g/mol. The molecule has 0 aromatic carbocycles. The second-order valence-electron chi connectivity index (χ2n) is 1.12. The van der Waals surface area contributed by atoms with Gasteiger partial charge >= 0.3 is 7.60 Å². The molecule has 0 rings (SSSR count). The van der Waals surface area contributed by atoms with E-state index in [-0.39, 0.29) is 6.29 Å². The van der Waals surface area contributed by atoms with Crippen molar-refractivity contribution in [3.05, 3.63) is 0 Å². The molecule has 4 nitrogen and oxygen atoms in total. The Morgan fingerprint density at radius 2 is 2.14 bits per heavy atom. The van der Waals surface area contributed by atoms with Gasteiger partial charge in [0, 0.05) is 7.05 Å². The number of hydrogen-bond acceptors (Lipinski definition) is 1. The van der Waals surface area contributed by atoms with Crippen molar-refractivity contribution >= 4 is 7.60 Å². The van der Waals surface area contributed by atoms with Gasteiger partial charge in [-0.25, -0.2) is 5.32 Å². The maximum Gasteiger partial charge on any atom is 0.340 e. The third-order valence-electron chi connectivity index (χ3n) is 0.326. The van der Waals surface area contributed by atoms with Crippen LogP contribution in [0.4, 0.5) is 0 Å². The molecule has 7 heavy (non-hydrogen) atoms. The van der Waals surface area contributed by atoms with Gasteiger partial charge in [-0.2, -0.15) is 0 Å². The summed E-state index contributed by atoms with van der Waals surface area (Å²) >= 11 is 0. The van der Waals surface area contributed by atoms with Gasteiger partial charge in [-0.3, -0.25) is 4.57 Å². The Labute approximate surface area is 41.7 Å². The zero-order valence-corrected chi connectivity index (χ0v) is 4.80. The number of nitrogens with zero attached hydrogens (tertiary/aromatic N) is 1. The maximum absolute atomic E-state index is 9.83. The van der Waals surface area contributed by atoms with Crippen molar-refractivity contribution in [3.8, 4) is 0 Å². The molecule has 0 aromatic rings. The van der Waals surface area contributed by atoms with Crippen molar-refractivity contribution in [2.24, 2.45) is 0 Å². The lowest BCUT2D eigenvalue weighted by Gasteiger charge is -1.96. The summed E-state index contributed by atoms with van der Waals surface area (Å²) in [6.45, 7) is 0. The lowest BCUT2D eigenvalue weighted by molar-refractivity contribution is 0.369. The fourth-order valence-corrected chi connectivity index (χ4v) is 0.553. The van der Waals surface area contributed by atoms with Crippen molar-refractivity contribution < 1.29 is 14.4 Å². The highest BCUT2D eigenvalue weighted by atomic mass is 31.2. The minimum atomic E-state index is -3.83. The van der Waals surface area contributed by atoms with Crippen LogP contribution in [0, 0.1) is 0 Å². The predicted molar refractivity (Wildman–Crippen MR) is 25.0 cm³/mol. The highest BCUT2D eigenvalue weighted by molar-refractivity contribution is 7.51. The van der Waals surface area contributed by atoms with E-state index in [0.29, 0.717) is 0 Å². The van der Waals surface area contributed by atoms with Crippen LogP contribution in [-0.4, -0.2) is 23.1 Å². The molecule has 0 heterocycles. The van der Waals surface area contributed by atoms with E-state index in [1.165, 1.54) is 7.05 Å². The largest absolute Gasteiger partial charge is 0.340 e. The molecular weight excluding hydrogens is 117 g/mol. The zero-order chi connectivity index (χ0) is 5.91. The van der Waals surface area contributed by atoms with Gasteiger partial charge in [0.2, 0.25) is 0 Å². The molecule has 5 heteroatoms. The van der Waals surface area contributed by atoms with E-state index in [2.05, 4.69) is 5.32 Å². The Balaban J connectivity index is 3.36. The molecule has 1 radical (unpaired) electrons. The molecule has 2 N–H and O–H groups in total. The van der Waals surface area contributed by atoms with Crippen LogP contribution in [0.15, 0.2) is 0 Å². The molecule has 0 saturated carbocycles. The summed E-state index contributed by atoms with van der Waals surface area (Å²) in [7, 11) is -2.47. The van der Waals surface area contributed by atoms with Crippen molar-refractivity contribution in [1.82, 2.24) is 5.32 Å². The van der Waals surface area contributed by atoms with E-state index in [9.17, 15) is 4.57 Å². The molecule has 0 fully saturated rings. The Bertz CT molecular complexity index is 86.9. The standard InChI is InChI=1S/C2H7NO3P/c1-3-2-7(4,5)6/h2H2,1H3,(H2,4,5,6). The zero-order valence-electron chi connectivity index (χ0n) is 3.90. The van der Waals surface area contributed by atoms with Gasteiger partial charge in [-0.1, -0.05) is 0 Å². The molecule has 0 bridgehead atoms. The summed E-state index contributed by atoms with van der Waals surface area (Å²) in [6.07, 6.45) is -0.368. The Morgan fingerprint density at radius 1 is 1.71 bits per heavy atom. The molecule has 0 atom stereocenters. The Hall–Kier alpha value is 0.110. The summed E-state index contributed by atoms with van der Waals surface area (Å²) in [5.41, 5.74) is 0. The number of rotatable bonds is 2. The van der Waals surface area contributed by atoms with E-state index >= 15 is 0 Å². The molecule has 0 saturated heterocycles. The predicted octanol–water partition coefficient (Wildman–Crippen LogP) is -0.644. The Morgan fingerprint density at radius 3 is 2.14 bits per heavy atom. The van der Waals surface area contributed by atoms with Gasteiger partial charge in [0.25, 0.3) is 0 Å². The van der Waals surface area contributed by atoms with Crippen molar-refractivity contribution in [2.75, 3.05) is 13.3 Å². The van der Waals surface area contributed by atoms with Gasteiger partial charge in [0.1, 0.15) is 6.29 Å². The quantitative estimate of drug-likeness (QED) is 0.481. The van der Waals surface area contributed by atoms with Crippen LogP contribution in [0.2, 0.25) is 0 Å². The first-order valence-corrected chi connectivity index (χ1v) is 3.46. The van der Waals surface area contributed by atoms with Crippen LogP contribution in [0.25, 0.3) is 0 Å². The third-order valence-corrected chi connectivity index (χ3v) is 0.977. The third kappa shape index (κ3) is 6.11. The summed E-state index contributed by atoms with van der Waals surface area (Å²) in [4.78, 5) is 16.1. The van der Waals surface area contributed by atoms with Crippen molar-refractivity contribution in [3.63, 3.8) is 0 Å². The van der Waals surface area contributed by atoms with Crippen LogP contribution >= 0.6 is 7.60 Å². The smallest absolute Gasteiger partial charge is 0.323 e. The van der Waals surface area contributed by atoms with Gasteiger partial charge in [0.15, 0.2) is 0 Å². The molecule has 0 spiro atoms. The molecule has 0 aliphatic heterocycles. The molecule has 0 aliphatic carbocycles. The molecular formula is C2H7NO3P. The topological polar surface area (TPSA) is 71.6 Å². The SMILES string of the molecule is C[N]CP(=O)(O)O. The summed E-state index contributed by atoms with van der Waals surface area (Å²) in [6, 6.07) is 0. The minimum Gasteiger partial charge on any atom is -0.323 e.